The van der Waals surface area contributed by atoms with E-state index >= 15 is 0 Å². The van der Waals surface area contributed by atoms with Gasteiger partial charge in [0.2, 0.25) is 0 Å². The SMILES string of the molecule is CCCCCCC(CCCCC)c1nnc(C(F)F)[nH]1. The largest absolute Gasteiger partial charge is 0.324 e. The number of nitrogens with one attached hydrogen (secondary N) is 1. The van der Waals surface area contributed by atoms with Crippen molar-refractivity contribution in [2.24, 2.45) is 0 Å². The van der Waals surface area contributed by atoms with Gasteiger partial charge in [0, 0.05) is 5.92 Å². The summed E-state index contributed by atoms with van der Waals surface area (Å²) >= 11 is 0. The van der Waals surface area contributed by atoms with Crippen LogP contribution in [-0.2, 0) is 0 Å². The minimum absolute atomic E-state index is 0.249. The molecule has 0 radical (unpaired) electrons. The molecule has 0 spiro atoms. The molecule has 0 aliphatic carbocycles. The van der Waals surface area contributed by atoms with Crippen LogP contribution in [0.25, 0.3) is 0 Å². The molecule has 1 aromatic heterocycles. The van der Waals surface area contributed by atoms with E-state index in [-0.39, 0.29) is 11.7 Å². The second-order valence-electron chi connectivity index (χ2n) is 5.44. The number of aromatic nitrogens is 3. The van der Waals surface area contributed by atoms with Gasteiger partial charge in [-0.15, -0.1) is 10.2 Å². The van der Waals surface area contributed by atoms with Crippen molar-refractivity contribution in [1.29, 1.82) is 0 Å². The molecule has 0 aliphatic heterocycles. The van der Waals surface area contributed by atoms with Crippen molar-refractivity contribution in [3.8, 4) is 0 Å². The van der Waals surface area contributed by atoms with Gasteiger partial charge < -0.3 is 4.98 Å². The first-order valence-electron chi connectivity index (χ1n) is 7.89. The van der Waals surface area contributed by atoms with Crippen LogP contribution in [0.2, 0.25) is 0 Å². The average Bonchev–Trinajstić information content (AvgIpc) is 2.91. The van der Waals surface area contributed by atoms with Crippen LogP contribution in [0.3, 0.4) is 0 Å². The molecule has 1 aromatic rings. The topological polar surface area (TPSA) is 41.6 Å². The fraction of sp³-hybridized carbons (Fsp3) is 0.867. The summed E-state index contributed by atoms with van der Waals surface area (Å²) in [6.45, 7) is 4.35. The number of rotatable bonds is 11. The van der Waals surface area contributed by atoms with E-state index in [1.807, 2.05) is 0 Å². The lowest BCUT2D eigenvalue weighted by Crippen LogP contribution is -2.02. The van der Waals surface area contributed by atoms with Crippen molar-refractivity contribution >= 4 is 0 Å². The minimum atomic E-state index is -2.56. The Balaban J connectivity index is 2.54. The summed E-state index contributed by atoms with van der Waals surface area (Å²) in [4.78, 5) is 2.71. The van der Waals surface area contributed by atoms with Crippen molar-refractivity contribution in [1.82, 2.24) is 15.2 Å². The summed E-state index contributed by atoms with van der Waals surface area (Å²) < 4.78 is 25.1. The second-order valence-corrected chi connectivity index (χ2v) is 5.44. The quantitative estimate of drug-likeness (QED) is 0.555. The summed E-state index contributed by atoms with van der Waals surface area (Å²) in [6.07, 6.45) is 7.72. The molecule has 1 atom stereocenters. The number of aromatic amines is 1. The monoisotopic (exact) mass is 287 g/mol. The Hall–Kier alpha value is -1.00. The van der Waals surface area contributed by atoms with E-state index in [1.165, 1.54) is 32.1 Å². The summed E-state index contributed by atoms with van der Waals surface area (Å²) in [5, 5.41) is 7.48. The maximum absolute atomic E-state index is 12.6. The van der Waals surface area contributed by atoms with Gasteiger partial charge in [-0.05, 0) is 12.8 Å². The number of nitrogens with zero attached hydrogens (tertiary/aromatic N) is 2. The highest BCUT2D eigenvalue weighted by molar-refractivity contribution is 4.98. The first kappa shape index (κ1) is 17.1. The van der Waals surface area contributed by atoms with E-state index in [9.17, 15) is 8.78 Å². The smallest absolute Gasteiger partial charge is 0.297 e. The molecule has 1 N–H and O–H groups in total. The molecule has 20 heavy (non-hydrogen) atoms. The summed E-state index contributed by atoms with van der Waals surface area (Å²) in [7, 11) is 0. The molecule has 0 aliphatic rings. The number of halogens is 2. The van der Waals surface area contributed by atoms with Gasteiger partial charge in [-0.3, -0.25) is 0 Å². The van der Waals surface area contributed by atoms with E-state index < -0.39 is 6.43 Å². The lowest BCUT2D eigenvalue weighted by atomic mass is 9.94. The highest BCUT2D eigenvalue weighted by Crippen LogP contribution is 2.27. The maximum atomic E-state index is 12.6. The number of H-pyrrole nitrogens is 1. The molecular weight excluding hydrogens is 260 g/mol. The molecule has 0 fully saturated rings. The predicted octanol–water partition coefficient (Wildman–Crippen LogP) is 5.38. The third kappa shape index (κ3) is 5.97. The van der Waals surface area contributed by atoms with Crippen LogP contribution in [0.5, 0.6) is 0 Å². The molecule has 1 rings (SSSR count). The van der Waals surface area contributed by atoms with Gasteiger partial charge in [-0.25, -0.2) is 8.78 Å². The van der Waals surface area contributed by atoms with Gasteiger partial charge in [0.25, 0.3) is 6.43 Å². The lowest BCUT2D eigenvalue weighted by molar-refractivity contribution is 0.140. The highest BCUT2D eigenvalue weighted by atomic mass is 19.3. The molecule has 0 saturated heterocycles. The first-order valence-corrected chi connectivity index (χ1v) is 7.89. The van der Waals surface area contributed by atoms with Gasteiger partial charge >= 0.3 is 0 Å². The van der Waals surface area contributed by atoms with Crippen LogP contribution in [-0.4, -0.2) is 15.2 Å². The second kappa shape index (κ2) is 9.83. The molecule has 0 amide bonds. The van der Waals surface area contributed by atoms with Crippen LogP contribution < -0.4 is 0 Å². The van der Waals surface area contributed by atoms with E-state index in [2.05, 4.69) is 29.0 Å². The maximum Gasteiger partial charge on any atom is 0.297 e. The molecule has 3 nitrogen and oxygen atoms in total. The van der Waals surface area contributed by atoms with Crippen molar-refractivity contribution in [2.75, 3.05) is 0 Å². The molecule has 5 heteroatoms. The van der Waals surface area contributed by atoms with Crippen LogP contribution in [0.1, 0.15) is 95.6 Å². The number of hydrogen-bond donors (Lipinski definition) is 1. The van der Waals surface area contributed by atoms with E-state index in [0.717, 1.165) is 25.7 Å². The molecule has 1 heterocycles. The summed E-state index contributed by atoms with van der Waals surface area (Å²) in [5.41, 5.74) is 0. The third-order valence-corrected chi connectivity index (χ3v) is 3.68. The Morgan fingerprint density at radius 1 is 0.850 bits per heavy atom. The summed E-state index contributed by atoms with van der Waals surface area (Å²) in [6, 6.07) is 0. The van der Waals surface area contributed by atoms with Gasteiger partial charge in [-0.2, -0.15) is 0 Å². The Bertz CT molecular complexity index is 353. The van der Waals surface area contributed by atoms with E-state index in [4.69, 9.17) is 0 Å². The zero-order valence-corrected chi connectivity index (χ0v) is 12.7. The molecule has 1 unspecified atom stereocenters. The average molecular weight is 287 g/mol. The minimum Gasteiger partial charge on any atom is -0.324 e. The predicted molar refractivity (Wildman–Crippen MR) is 77.0 cm³/mol. The van der Waals surface area contributed by atoms with Crippen LogP contribution >= 0.6 is 0 Å². The van der Waals surface area contributed by atoms with Gasteiger partial charge in [0.15, 0.2) is 5.82 Å². The molecule has 116 valence electrons. The van der Waals surface area contributed by atoms with Crippen molar-refractivity contribution < 1.29 is 8.78 Å². The number of alkyl halides is 2. The molecular formula is C15H27F2N3. The molecule has 0 aromatic carbocycles. The third-order valence-electron chi connectivity index (χ3n) is 3.68. The Morgan fingerprint density at radius 3 is 1.95 bits per heavy atom. The van der Waals surface area contributed by atoms with Crippen molar-refractivity contribution in [3.05, 3.63) is 11.6 Å². The normalized spacial score (nSPS) is 13.1. The van der Waals surface area contributed by atoms with Gasteiger partial charge in [0.1, 0.15) is 5.82 Å². The zero-order chi connectivity index (χ0) is 14.8. The number of hydrogen-bond acceptors (Lipinski definition) is 2. The van der Waals surface area contributed by atoms with E-state index in [0.29, 0.717) is 5.82 Å². The van der Waals surface area contributed by atoms with Gasteiger partial charge in [-0.1, -0.05) is 58.8 Å². The first-order chi connectivity index (χ1) is 9.69. The lowest BCUT2D eigenvalue weighted by Gasteiger charge is -2.13. The Kier molecular flexibility index (Phi) is 8.38. The van der Waals surface area contributed by atoms with Gasteiger partial charge in [0.05, 0.1) is 0 Å². The highest BCUT2D eigenvalue weighted by Gasteiger charge is 2.19. The standard InChI is InChI=1S/C15H27F2N3/c1-3-5-7-9-11-12(10-8-6-4-2)14-18-15(13(16)17)20-19-14/h12-13H,3-11H2,1-2H3,(H,18,19,20). The fourth-order valence-electron chi connectivity index (χ4n) is 2.45. The van der Waals surface area contributed by atoms with Crippen LogP contribution in [0, 0.1) is 0 Å². The van der Waals surface area contributed by atoms with Crippen molar-refractivity contribution in [3.63, 3.8) is 0 Å². The summed E-state index contributed by atoms with van der Waals surface area (Å²) in [5.74, 6) is 0.598. The molecule has 0 saturated carbocycles. The fourth-order valence-corrected chi connectivity index (χ4v) is 2.45. The Morgan fingerprint density at radius 2 is 1.40 bits per heavy atom. The van der Waals surface area contributed by atoms with Crippen LogP contribution in [0.15, 0.2) is 0 Å². The Labute approximate surface area is 120 Å². The number of unbranched alkanes of at least 4 members (excludes halogenated alkanes) is 5. The zero-order valence-electron chi connectivity index (χ0n) is 12.7. The van der Waals surface area contributed by atoms with E-state index in [1.54, 1.807) is 0 Å². The molecule has 0 bridgehead atoms. The van der Waals surface area contributed by atoms with Crippen LogP contribution in [0.4, 0.5) is 8.78 Å². The van der Waals surface area contributed by atoms with Crippen molar-refractivity contribution in [2.45, 2.75) is 84.0 Å².